The van der Waals surface area contributed by atoms with Gasteiger partial charge in [0.1, 0.15) is 6.54 Å². The van der Waals surface area contributed by atoms with Crippen LogP contribution in [0.15, 0.2) is 29.2 Å². The molecule has 0 radical (unpaired) electrons. The topological polar surface area (TPSA) is 99.5 Å². The molecule has 1 N–H and O–H groups in total. The van der Waals surface area contributed by atoms with Crippen LogP contribution in [-0.2, 0) is 19.4 Å². The number of rotatable bonds is 5. The van der Waals surface area contributed by atoms with E-state index in [0.717, 1.165) is 6.42 Å². The van der Waals surface area contributed by atoms with Crippen molar-refractivity contribution in [3.8, 4) is 6.07 Å². The molecular formula is C16H18ClN3O4S. The highest BCUT2D eigenvalue weighted by molar-refractivity contribution is 7.92. The lowest BCUT2D eigenvalue weighted by Gasteiger charge is -2.43. The first-order chi connectivity index (χ1) is 12.0. The summed E-state index contributed by atoms with van der Waals surface area (Å²) in [6.45, 7) is 0.801. The summed E-state index contributed by atoms with van der Waals surface area (Å²) < 4.78 is 31.1. The number of nitrogens with one attached hydrogen (secondary N) is 1. The van der Waals surface area contributed by atoms with E-state index in [-0.39, 0.29) is 29.0 Å². The summed E-state index contributed by atoms with van der Waals surface area (Å²) in [5.41, 5.74) is -1.04. The van der Waals surface area contributed by atoms with Gasteiger partial charge in [-0.2, -0.15) is 5.26 Å². The summed E-state index contributed by atoms with van der Waals surface area (Å²) in [5, 5.41) is 11.3. The number of amides is 1. The van der Waals surface area contributed by atoms with E-state index in [1.54, 1.807) is 12.1 Å². The molecule has 2 aliphatic heterocycles. The second-order valence-electron chi connectivity index (χ2n) is 6.02. The number of hydrogen-bond donors (Lipinski definition) is 1. The van der Waals surface area contributed by atoms with E-state index < -0.39 is 27.4 Å². The Kier molecular flexibility index (Phi) is 5.29. The zero-order valence-corrected chi connectivity index (χ0v) is 15.0. The Hall–Kier alpha value is -1.66. The van der Waals surface area contributed by atoms with Gasteiger partial charge in [-0.3, -0.25) is 9.69 Å². The number of ether oxygens (including phenoxy) is 1. The van der Waals surface area contributed by atoms with Crippen LogP contribution in [0.25, 0.3) is 0 Å². The van der Waals surface area contributed by atoms with Crippen molar-refractivity contribution in [3.63, 3.8) is 0 Å². The number of carbonyl (C=O) groups is 1. The second-order valence-corrected chi connectivity index (χ2v) is 8.42. The zero-order valence-electron chi connectivity index (χ0n) is 13.4. The molecule has 9 heteroatoms. The molecule has 7 nitrogen and oxygen atoms in total. The zero-order chi connectivity index (χ0) is 18.0. The van der Waals surface area contributed by atoms with Crippen molar-refractivity contribution < 1.29 is 17.9 Å². The third-order valence-electron chi connectivity index (χ3n) is 4.56. The van der Waals surface area contributed by atoms with E-state index in [1.165, 1.54) is 12.1 Å². The van der Waals surface area contributed by atoms with Crippen LogP contribution in [0.4, 0.5) is 0 Å². The standard InChI is InChI=1S/C16H18ClN3O4S/c17-11-4-1-2-6-14(11)25(22,23)16-13(10-24-16)20-9-3-5-12(20)15(21)19-8-7-18/h1-2,4,6,12-13,16H,3,5,8-10H2,(H,19,21)/t12-,13?,16+/m0/s1. The van der Waals surface area contributed by atoms with Gasteiger partial charge < -0.3 is 10.1 Å². The lowest BCUT2D eigenvalue weighted by Crippen LogP contribution is -2.62. The first kappa shape index (κ1) is 18.1. The molecule has 1 aromatic rings. The summed E-state index contributed by atoms with van der Waals surface area (Å²) in [6.07, 6.45) is 1.42. The molecule has 2 aliphatic rings. The molecule has 1 aromatic carbocycles. The predicted molar refractivity (Wildman–Crippen MR) is 90.5 cm³/mol. The Balaban J connectivity index is 1.79. The van der Waals surface area contributed by atoms with Crippen LogP contribution >= 0.6 is 11.6 Å². The molecule has 25 heavy (non-hydrogen) atoms. The molecule has 2 saturated heterocycles. The highest BCUT2D eigenvalue weighted by atomic mass is 35.5. The summed E-state index contributed by atoms with van der Waals surface area (Å²) in [7, 11) is -3.77. The number of benzene rings is 1. The molecule has 0 bridgehead atoms. The molecule has 0 saturated carbocycles. The van der Waals surface area contributed by atoms with Crippen LogP contribution in [0, 0.1) is 11.3 Å². The molecule has 134 valence electrons. The summed E-state index contributed by atoms with van der Waals surface area (Å²) in [4.78, 5) is 14.1. The first-order valence-electron chi connectivity index (χ1n) is 7.97. The van der Waals surface area contributed by atoms with Gasteiger partial charge in [0, 0.05) is 0 Å². The van der Waals surface area contributed by atoms with Crippen LogP contribution in [0.1, 0.15) is 12.8 Å². The van der Waals surface area contributed by atoms with Crippen molar-refractivity contribution in [2.75, 3.05) is 19.7 Å². The number of likely N-dealkylation sites (tertiary alicyclic amines) is 1. The van der Waals surface area contributed by atoms with E-state index in [9.17, 15) is 13.2 Å². The smallest absolute Gasteiger partial charge is 0.238 e. The van der Waals surface area contributed by atoms with Gasteiger partial charge >= 0.3 is 0 Å². The number of carbonyl (C=O) groups excluding carboxylic acids is 1. The van der Waals surface area contributed by atoms with Crippen LogP contribution in [0.2, 0.25) is 5.02 Å². The molecule has 0 aliphatic carbocycles. The minimum atomic E-state index is -3.77. The number of sulfone groups is 1. The van der Waals surface area contributed by atoms with Crippen molar-refractivity contribution in [3.05, 3.63) is 29.3 Å². The normalized spacial score (nSPS) is 26.6. The fourth-order valence-electron chi connectivity index (χ4n) is 3.32. The molecule has 1 unspecified atom stereocenters. The Labute approximate surface area is 151 Å². The van der Waals surface area contributed by atoms with Crippen molar-refractivity contribution in [2.45, 2.75) is 35.3 Å². The molecule has 3 rings (SSSR count). The average Bonchev–Trinajstić information content (AvgIpc) is 3.00. The third kappa shape index (κ3) is 3.37. The highest BCUT2D eigenvalue weighted by Gasteiger charge is 2.50. The molecule has 0 aromatic heterocycles. The van der Waals surface area contributed by atoms with Crippen LogP contribution in [0.3, 0.4) is 0 Å². The van der Waals surface area contributed by atoms with E-state index in [1.807, 2.05) is 11.0 Å². The second kappa shape index (κ2) is 7.30. The van der Waals surface area contributed by atoms with Gasteiger partial charge in [-0.25, -0.2) is 8.42 Å². The highest BCUT2D eigenvalue weighted by Crippen LogP contribution is 2.35. The van der Waals surface area contributed by atoms with E-state index in [2.05, 4.69) is 5.32 Å². The maximum atomic E-state index is 12.9. The molecule has 3 atom stereocenters. The Morgan fingerprint density at radius 2 is 2.20 bits per heavy atom. The lowest BCUT2D eigenvalue weighted by atomic mass is 10.1. The summed E-state index contributed by atoms with van der Waals surface area (Å²) >= 11 is 6.03. The monoisotopic (exact) mass is 383 g/mol. The fraction of sp³-hybridized carbons (Fsp3) is 0.500. The van der Waals surface area contributed by atoms with Gasteiger partial charge in [-0.1, -0.05) is 23.7 Å². The van der Waals surface area contributed by atoms with Crippen LogP contribution in [-0.4, -0.2) is 56.4 Å². The van der Waals surface area contributed by atoms with Gasteiger partial charge in [-0.15, -0.1) is 0 Å². The summed E-state index contributed by atoms with van der Waals surface area (Å²) in [6, 6.07) is 7.28. The average molecular weight is 384 g/mol. The quantitative estimate of drug-likeness (QED) is 0.760. The van der Waals surface area contributed by atoms with Gasteiger partial charge in [0.25, 0.3) is 0 Å². The summed E-state index contributed by atoms with van der Waals surface area (Å²) in [5.74, 6) is -0.250. The third-order valence-corrected chi connectivity index (χ3v) is 7.03. The molecule has 2 fully saturated rings. The SMILES string of the molecule is N#CCNC(=O)[C@@H]1CCCN1C1CO[C@@H]1S(=O)(=O)c1ccccc1Cl. The van der Waals surface area contributed by atoms with Gasteiger partial charge in [0.2, 0.25) is 15.7 Å². The maximum Gasteiger partial charge on any atom is 0.238 e. The largest absolute Gasteiger partial charge is 0.358 e. The minimum Gasteiger partial charge on any atom is -0.358 e. The van der Waals surface area contributed by atoms with Gasteiger partial charge in [0.15, 0.2) is 5.44 Å². The van der Waals surface area contributed by atoms with Gasteiger partial charge in [-0.05, 0) is 31.5 Å². The maximum absolute atomic E-state index is 12.9. The van der Waals surface area contributed by atoms with Crippen LogP contribution in [0.5, 0.6) is 0 Å². The number of nitriles is 1. The van der Waals surface area contributed by atoms with Crippen molar-refractivity contribution >= 4 is 27.3 Å². The van der Waals surface area contributed by atoms with Crippen molar-refractivity contribution in [1.82, 2.24) is 10.2 Å². The molecular weight excluding hydrogens is 366 g/mol. The number of halogens is 1. The fourth-order valence-corrected chi connectivity index (χ4v) is 5.54. The Morgan fingerprint density at radius 1 is 1.44 bits per heavy atom. The lowest BCUT2D eigenvalue weighted by molar-refractivity contribution is -0.134. The van der Waals surface area contributed by atoms with E-state index in [0.29, 0.717) is 13.0 Å². The minimum absolute atomic E-state index is 0.0380. The van der Waals surface area contributed by atoms with Crippen molar-refractivity contribution in [2.24, 2.45) is 0 Å². The Bertz CT molecular complexity index is 808. The molecule has 1 amide bonds. The molecule has 0 spiro atoms. The van der Waals surface area contributed by atoms with E-state index >= 15 is 0 Å². The van der Waals surface area contributed by atoms with Gasteiger partial charge in [0.05, 0.1) is 34.7 Å². The number of nitrogens with zero attached hydrogens (tertiary/aromatic N) is 2. The van der Waals surface area contributed by atoms with E-state index in [4.69, 9.17) is 21.6 Å². The predicted octanol–water partition coefficient (Wildman–Crippen LogP) is 0.943. The number of hydrogen-bond acceptors (Lipinski definition) is 6. The van der Waals surface area contributed by atoms with Crippen LogP contribution < -0.4 is 5.32 Å². The molecule has 2 heterocycles. The Morgan fingerprint density at radius 3 is 2.84 bits per heavy atom. The van der Waals surface area contributed by atoms with Crippen molar-refractivity contribution in [1.29, 1.82) is 5.26 Å². The first-order valence-corrected chi connectivity index (χ1v) is 9.89.